The maximum atomic E-state index is 14.4. The van der Waals surface area contributed by atoms with Crippen molar-refractivity contribution in [2.24, 2.45) is 0 Å². The van der Waals surface area contributed by atoms with Crippen molar-refractivity contribution in [1.29, 1.82) is 0 Å². The van der Waals surface area contributed by atoms with E-state index in [9.17, 15) is 9.18 Å². The van der Waals surface area contributed by atoms with E-state index in [1.165, 1.54) is 11.0 Å². The Kier molecular flexibility index (Phi) is 6.71. The van der Waals surface area contributed by atoms with Crippen molar-refractivity contribution < 1.29 is 18.7 Å². The average molecular weight is 486 g/mol. The normalized spacial score (nSPS) is 15.4. The first-order valence-electron chi connectivity index (χ1n) is 12.0. The molecule has 1 aromatic heterocycles. The molecule has 2 heterocycles. The number of fused-ring (bicyclic) bond motifs is 1. The van der Waals surface area contributed by atoms with Gasteiger partial charge in [-0.1, -0.05) is 36.4 Å². The molecule has 1 atom stereocenters. The fraction of sp³-hybridized carbons (Fsp3) is 0.241. The number of para-hydroxylation sites is 3. The molecule has 0 N–H and O–H groups in total. The lowest BCUT2D eigenvalue weighted by Crippen LogP contribution is -2.25. The number of hydrogen-bond acceptors (Lipinski definition) is 4. The second kappa shape index (κ2) is 10.2. The van der Waals surface area contributed by atoms with Crippen LogP contribution in [0.15, 0.2) is 79.4 Å². The number of nitrogens with zero attached hydrogens (tertiary/aromatic N) is 3. The number of carbonyl (C=O) groups excluding carboxylic acids is 1. The van der Waals surface area contributed by atoms with Gasteiger partial charge in [0.2, 0.25) is 5.91 Å². The lowest BCUT2D eigenvalue weighted by molar-refractivity contribution is -0.117. The molecule has 1 amide bonds. The van der Waals surface area contributed by atoms with Gasteiger partial charge in [0.05, 0.1) is 30.4 Å². The minimum atomic E-state index is -0.401. The second-order valence-corrected chi connectivity index (χ2v) is 8.79. The monoisotopic (exact) mass is 485 g/mol. The number of aromatic nitrogens is 2. The number of amides is 1. The molecular weight excluding hydrogens is 457 g/mol. The largest absolute Gasteiger partial charge is 0.493 e. The van der Waals surface area contributed by atoms with Gasteiger partial charge in [-0.15, -0.1) is 6.58 Å². The number of imidazole rings is 1. The Morgan fingerprint density at radius 3 is 2.72 bits per heavy atom. The van der Waals surface area contributed by atoms with Crippen LogP contribution in [-0.2, 0) is 17.8 Å². The van der Waals surface area contributed by atoms with Crippen LogP contribution in [0.2, 0.25) is 0 Å². The summed E-state index contributed by atoms with van der Waals surface area (Å²) >= 11 is 0. The molecule has 1 unspecified atom stereocenters. The highest BCUT2D eigenvalue weighted by atomic mass is 19.1. The van der Waals surface area contributed by atoms with E-state index in [2.05, 4.69) is 11.1 Å². The zero-order valence-corrected chi connectivity index (χ0v) is 20.2. The summed E-state index contributed by atoms with van der Waals surface area (Å²) in [6, 6.07) is 20.1. The van der Waals surface area contributed by atoms with Crippen LogP contribution < -0.4 is 14.4 Å². The number of ether oxygens (including phenoxy) is 2. The maximum absolute atomic E-state index is 14.4. The van der Waals surface area contributed by atoms with Gasteiger partial charge < -0.3 is 18.9 Å². The van der Waals surface area contributed by atoms with Crippen molar-refractivity contribution >= 4 is 22.6 Å². The van der Waals surface area contributed by atoms with Crippen LogP contribution in [-0.4, -0.2) is 35.7 Å². The lowest BCUT2D eigenvalue weighted by Gasteiger charge is -2.18. The molecule has 6 nitrogen and oxygen atoms in total. The molecule has 1 aliphatic heterocycles. The molecule has 0 bridgehead atoms. The summed E-state index contributed by atoms with van der Waals surface area (Å²) in [5.41, 5.74) is 3.24. The van der Waals surface area contributed by atoms with Gasteiger partial charge in [0, 0.05) is 18.9 Å². The maximum Gasteiger partial charge on any atom is 0.227 e. The van der Waals surface area contributed by atoms with Crippen LogP contribution in [0.5, 0.6) is 11.5 Å². The summed E-state index contributed by atoms with van der Waals surface area (Å²) in [6.45, 7) is 5.09. The van der Waals surface area contributed by atoms with Gasteiger partial charge >= 0.3 is 0 Å². The van der Waals surface area contributed by atoms with Crippen molar-refractivity contribution in [3.63, 3.8) is 0 Å². The fourth-order valence-corrected chi connectivity index (χ4v) is 4.80. The third-order valence-electron chi connectivity index (χ3n) is 6.50. The minimum absolute atomic E-state index is 0.107. The highest BCUT2D eigenvalue weighted by Crippen LogP contribution is 2.34. The Morgan fingerprint density at radius 2 is 1.92 bits per heavy atom. The Labute approximate surface area is 209 Å². The SMILES string of the molecule is C=CCc1ccc(OCCn2c(C3CC(=O)N(c4ccccc4F)C3)nc3ccccc32)c(OC)c1. The van der Waals surface area contributed by atoms with Crippen LogP contribution in [0.3, 0.4) is 0 Å². The summed E-state index contributed by atoms with van der Waals surface area (Å²) in [7, 11) is 1.62. The van der Waals surface area contributed by atoms with Crippen LogP contribution in [0, 0.1) is 5.82 Å². The minimum Gasteiger partial charge on any atom is -0.493 e. The summed E-state index contributed by atoms with van der Waals surface area (Å²) in [6.07, 6.45) is 2.88. The predicted octanol–water partition coefficient (Wildman–Crippen LogP) is 5.51. The van der Waals surface area contributed by atoms with Gasteiger partial charge in [-0.05, 0) is 48.4 Å². The van der Waals surface area contributed by atoms with Gasteiger partial charge in [-0.3, -0.25) is 4.79 Å². The molecular formula is C29H28FN3O3. The lowest BCUT2D eigenvalue weighted by atomic mass is 10.1. The molecule has 0 aliphatic carbocycles. The van der Waals surface area contributed by atoms with Crippen LogP contribution in [0.25, 0.3) is 11.0 Å². The molecule has 36 heavy (non-hydrogen) atoms. The smallest absolute Gasteiger partial charge is 0.227 e. The Hall–Kier alpha value is -4.13. The third-order valence-corrected chi connectivity index (χ3v) is 6.50. The quantitative estimate of drug-likeness (QED) is 0.293. The van der Waals surface area contributed by atoms with E-state index >= 15 is 0 Å². The summed E-state index contributed by atoms with van der Waals surface area (Å²) in [5.74, 6) is 1.48. The number of anilines is 1. The molecule has 5 rings (SSSR count). The number of rotatable bonds is 9. The molecule has 3 aromatic carbocycles. The molecule has 1 fully saturated rings. The van der Waals surface area contributed by atoms with Gasteiger partial charge in [-0.2, -0.15) is 0 Å². The summed E-state index contributed by atoms with van der Waals surface area (Å²) < 4.78 is 28.1. The standard InChI is InChI=1S/C29H28FN3O3/c1-3-8-20-13-14-26(27(17-20)35-2)36-16-15-32-25-12-7-5-10-23(25)31-29(32)21-18-28(34)33(19-21)24-11-6-4-9-22(24)30/h3-7,9-14,17,21H,1,8,15-16,18-19H2,2H3. The number of allylic oxidation sites excluding steroid dienone is 1. The number of methoxy groups -OCH3 is 1. The molecule has 0 saturated carbocycles. The predicted molar refractivity (Wildman–Crippen MR) is 138 cm³/mol. The van der Waals surface area contributed by atoms with Crippen molar-refractivity contribution in [2.75, 3.05) is 25.2 Å². The van der Waals surface area contributed by atoms with Crippen LogP contribution in [0.1, 0.15) is 23.7 Å². The number of halogens is 1. The number of carbonyl (C=O) groups is 1. The number of hydrogen-bond donors (Lipinski definition) is 0. The molecule has 4 aromatic rings. The molecule has 0 spiro atoms. The first kappa shape index (κ1) is 23.6. The van der Waals surface area contributed by atoms with Crippen molar-refractivity contribution in [1.82, 2.24) is 9.55 Å². The Bertz CT molecular complexity index is 1410. The zero-order valence-electron chi connectivity index (χ0n) is 20.2. The van der Waals surface area contributed by atoms with Gasteiger partial charge in [0.25, 0.3) is 0 Å². The summed E-state index contributed by atoms with van der Waals surface area (Å²) in [5, 5.41) is 0. The van der Waals surface area contributed by atoms with E-state index in [0.29, 0.717) is 36.9 Å². The first-order chi connectivity index (χ1) is 17.6. The Balaban J connectivity index is 1.38. The molecule has 1 saturated heterocycles. The van der Waals surface area contributed by atoms with Crippen molar-refractivity contribution in [3.8, 4) is 11.5 Å². The van der Waals surface area contributed by atoms with E-state index in [1.807, 2.05) is 48.5 Å². The average Bonchev–Trinajstić information content (AvgIpc) is 3.45. The molecule has 1 aliphatic rings. The van der Waals surface area contributed by atoms with Crippen LogP contribution in [0.4, 0.5) is 10.1 Å². The van der Waals surface area contributed by atoms with Gasteiger partial charge in [0.15, 0.2) is 11.5 Å². The molecule has 0 radical (unpaired) electrons. The van der Waals surface area contributed by atoms with Gasteiger partial charge in [-0.25, -0.2) is 9.37 Å². The van der Waals surface area contributed by atoms with E-state index in [4.69, 9.17) is 14.5 Å². The van der Waals surface area contributed by atoms with E-state index in [0.717, 1.165) is 28.8 Å². The van der Waals surface area contributed by atoms with Crippen LogP contribution >= 0.6 is 0 Å². The molecule has 7 heteroatoms. The van der Waals surface area contributed by atoms with Crippen molar-refractivity contribution in [3.05, 3.63) is 96.6 Å². The highest BCUT2D eigenvalue weighted by Gasteiger charge is 2.35. The first-order valence-corrected chi connectivity index (χ1v) is 12.0. The van der Waals surface area contributed by atoms with E-state index in [-0.39, 0.29) is 18.2 Å². The van der Waals surface area contributed by atoms with Crippen molar-refractivity contribution in [2.45, 2.75) is 25.3 Å². The van der Waals surface area contributed by atoms with Gasteiger partial charge in [0.1, 0.15) is 18.2 Å². The topological polar surface area (TPSA) is 56.6 Å². The van der Waals surface area contributed by atoms with E-state index in [1.54, 1.807) is 25.3 Å². The zero-order chi connectivity index (χ0) is 25.1. The third kappa shape index (κ3) is 4.56. The molecule has 184 valence electrons. The fourth-order valence-electron chi connectivity index (χ4n) is 4.80. The van der Waals surface area contributed by atoms with E-state index < -0.39 is 5.82 Å². The Morgan fingerprint density at radius 1 is 1.11 bits per heavy atom. The second-order valence-electron chi connectivity index (χ2n) is 8.79. The number of benzene rings is 3. The summed E-state index contributed by atoms with van der Waals surface area (Å²) in [4.78, 5) is 19.3. The highest BCUT2D eigenvalue weighted by molar-refractivity contribution is 5.96.